The maximum absolute atomic E-state index is 6.85. The maximum Gasteiger partial charge on any atom is 0.143 e. The highest BCUT2D eigenvalue weighted by molar-refractivity contribution is 6.14. The zero-order valence-electron chi connectivity index (χ0n) is 40.3. The molecule has 0 saturated carbocycles. The van der Waals surface area contributed by atoms with E-state index in [-0.39, 0.29) is 5.41 Å². The van der Waals surface area contributed by atoms with Gasteiger partial charge in [-0.15, -0.1) is 0 Å². The van der Waals surface area contributed by atoms with Crippen molar-refractivity contribution in [2.75, 3.05) is 4.90 Å². The molecule has 1 spiro atoms. The average Bonchev–Trinajstić information content (AvgIpc) is 4.32. The molecule has 0 aliphatic heterocycles. The van der Waals surface area contributed by atoms with Crippen LogP contribution in [0.15, 0.2) is 245 Å². The van der Waals surface area contributed by atoms with Gasteiger partial charge in [0, 0.05) is 55.1 Å². The van der Waals surface area contributed by atoms with E-state index < -0.39 is 5.41 Å². The molecule has 3 heteroatoms. The summed E-state index contributed by atoms with van der Waals surface area (Å²) in [5.41, 5.74) is 26.3. The van der Waals surface area contributed by atoms with E-state index in [1.165, 1.54) is 77.9 Å². The summed E-state index contributed by atoms with van der Waals surface area (Å²) in [7, 11) is 0. The Hall–Kier alpha value is -9.18. The molecule has 0 fully saturated rings. The lowest BCUT2D eigenvalue weighted by Crippen LogP contribution is -2.26. The van der Waals surface area contributed by atoms with Crippen LogP contribution >= 0.6 is 0 Å². The van der Waals surface area contributed by atoms with E-state index in [1.54, 1.807) is 0 Å². The highest BCUT2D eigenvalue weighted by Gasteiger charge is 2.53. The summed E-state index contributed by atoms with van der Waals surface area (Å²) >= 11 is 0. The number of furan rings is 2. The maximum atomic E-state index is 6.85. The minimum Gasteiger partial charge on any atom is -0.455 e. The highest BCUT2D eigenvalue weighted by atomic mass is 16.3. The first-order valence-corrected chi connectivity index (χ1v) is 25.4. The third-order valence-corrected chi connectivity index (χ3v) is 16.7. The van der Waals surface area contributed by atoms with Crippen molar-refractivity contribution in [3.63, 3.8) is 0 Å². The van der Waals surface area contributed by atoms with Gasteiger partial charge in [-0.2, -0.15) is 0 Å². The van der Waals surface area contributed by atoms with Crippen molar-refractivity contribution in [3.8, 4) is 55.6 Å². The number of para-hydroxylation sites is 3. The van der Waals surface area contributed by atoms with Gasteiger partial charge in [0.15, 0.2) is 0 Å². The molecule has 2 heterocycles. The van der Waals surface area contributed by atoms with Crippen LogP contribution in [0, 0.1) is 0 Å². The topological polar surface area (TPSA) is 29.5 Å². The molecular formula is C70H45NO2. The molecule has 0 radical (unpaired) electrons. The number of hydrogen-bond acceptors (Lipinski definition) is 3. The SMILES string of the molecule is CC1(C)c2ccccc2-c2ccc(N(c3ccc(-c4cccc5c4C4(c6ccccc6-5)c5ccccc5-c5c4ccc4c5oc5ccccc54)cc3)c3ccc(-c4cccc5c4oc4ccccc45)cc3)cc21. The Morgan fingerprint density at radius 3 is 1.51 bits per heavy atom. The van der Waals surface area contributed by atoms with Crippen LogP contribution < -0.4 is 4.90 Å². The molecule has 11 aromatic carbocycles. The van der Waals surface area contributed by atoms with Crippen LogP contribution in [-0.2, 0) is 10.8 Å². The predicted molar refractivity (Wildman–Crippen MR) is 300 cm³/mol. The molecule has 1 unspecified atom stereocenters. The largest absolute Gasteiger partial charge is 0.455 e. The van der Waals surface area contributed by atoms with Crippen LogP contribution in [0.2, 0.25) is 0 Å². The molecule has 73 heavy (non-hydrogen) atoms. The number of nitrogens with zero attached hydrogens (tertiary/aromatic N) is 1. The summed E-state index contributed by atoms with van der Waals surface area (Å²) in [5, 5.41) is 4.56. The first-order chi connectivity index (χ1) is 36.0. The predicted octanol–water partition coefficient (Wildman–Crippen LogP) is 18.9. The van der Waals surface area contributed by atoms with Crippen LogP contribution in [0.5, 0.6) is 0 Å². The van der Waals surface area contributed by atoms with E-state index >= 15 is 0 Å². The standard InChI is InChI=1S/C70H45NO2/c1-69(2)58-24-8-3-15-49(58)51-38-37-46(41-62(51)69)71(45-35-31-43(32-36-45)48-21-14-23-55-52-17-6-11-27-63(52)72-67(48)55)44-33-29-42(30-34-44)47-20-13-22-54-50-16-4-9-25-59(50)70(66(47)54)60-26-10-5-19-57(60)65-61(70)40-39-56-53-18-7-12-28-64(53)73-68(56)65/h3-41H,1-2H3. The van der Waals surface area contributed by atoms with Crippen LogP contribution in [0.25, 0.3) is 99.5 Å². The first-order valence-electron chi connectivity index (χ1n) is 25.4. The van der Waals surface area contributed by atoms with Crippen LogP contribution in [0.4, 0.5) is 17.1 Å². The number of hydrogen-bond donors (Lipinski definition) is 0. The minimum absolute atomic E-state index is 0.151. The molecule has 16 rings (SSSR count). The van der Waals surface area contributed by atoms with Gasteiger partial charge in [-0.05, 0) is 126 Å². The minimum atomic E-state index is -0.560. The number of benzene rings is 11. The molecule has 1 atom stereocenters. The van der Waals surface area contributed by atoms with Crippen LogP contribution in [-0.4, -0.2) is 0 Å². The molecule has 0 N–H and O–H groups in total. The fourth-order valence-corrected chi connectivity index (χ4v) is 13.5. The molecule has 3 aliphatic carbocycles. The molecule has 0 amide bonds. The third-order valence-electron chi connectivity index (χ3n) is 16.7. The zero-order valence-corrected chi connectivity index (χ0v) is 40.3. The second-order valence-corrected chi connectivity index (χ2v) is 20.6. The summed E-state index contributed by atoms with van der Waals surface area (Å²) in [5.74, 6) is 0. The van der Waals surface area contributed by atoms with E-state index in [1.807, 2.05) is 6.07 Å². The van der Waals surface area contributed by atoms with Gasteiger partial charge in [0.25, 0.3) is 0 Å². The van der Waals surface area contributed by atoms with E-state index in [0.717, 1.165) is 72.1 Å². The van der Waals surface area contributed by atoms with Crippen LogP contribution in [0.3, 0.4) is 0 Å². The summed E-state index contributed by atoms with van der Waals surface area (Å²) in [4.78, 5) is 2.42. The number of anilines is 3. The molecule has 13 aromatic rings. The van der Waals surface area contributed by atoms with Crippen molar-refractivity contribution < 1.29 is 8.83 Å². The second kappa shape index (κ2) is 14.7. The van der Waals surface area contributed by atoms with E-state index in [2.05, 4.69) is 249 Å². The van der Waals surface area contributed by atoms with Gasteiger partial charge in [0.1, 0.15) is 22.3 Å². The summed E-state index contributed by atoms with van der Waals surface area (Å²) < 4.78 is 13.4. The normalized spacial score (nSPS) is 15.4. The lowest BCUT2D eigenvalue weighted by molar-refractivity contribution is 0.660. The molecular weight excluding hydrogens is 887 g/mol. The summed E-state index contributed by atoms with van der Waals surface area (Å²) in [6.07, 6.45) is 0. The van der Waals surface area contributed by atoms with Crippen molar-refractivity contribution in [2.24, 2.45) is 0 Å². The fraction of sp³-hybridized carbons (Fsp3) is 0.0571. The smallest absolute Gasteiger partial charge is 0.143 e. The molecule has 0 bridgehead atoms. The Balaban J connectivity index is 0.865. The quantitative estimate of drug-likeness (QED) is 0.172. The van der Waals surface area contributed by atoms with Crippen molar-refractivity contribution in [1.29, 1.82) is 0 Å². The Labute approximate surface area is 422 Å². The van der Waals surface area contributed by atoms with Gasteiger partial charge in [0.2, 0.25) is 0 Å². The molecule has 342 valence electrons. The molecule has 3 nitrogen and oxygen atoms in total. The summed E-state index contributed by atoms with van der Waals surface area (Å²) in [6.45, 7) is 4.72. The van der Waals surface area contributed by atoms with Gasteiger partial charge in [-0.1, -0.05) is 202 Å². The summed E-state index contributed by atoms with van der Waals surface area (Å²) in [6, 6.07) is 87.1. The average molecular weight is 932 g/mol. The monoisotopic (exact) mass is 931 g/mol. The van der Waals surface area contributed by atoms with Gasteiger partial charge in [-0.3, -0.25) is 0 Å². The van der Waals surface area contributed by atoms with Gasteiger partial charge < -0.3 is 13.7 Å². The molecule has 3 aliphatic rings. The highest BCUT2D eigenvalue weighted by Crippen LogP contribution is 2.66. The Morgan fingerprint density at radius 2 is 0.795 bits per heavy atom. The zero-order chi connectivity index (χ0) is 48.2. The fourth-order valence-electron chi connectivity index (χ4n) is 13.5. The van der Waals surface area contributed by atoms with Gasteiger partial charge in [0.05, 0.1) is 5.41 Å². The van der Waals surface area contributed by atoms with Crippen molar-refractivity contribution in [1.82, 2.24) is 0 Å². The second-order valence-electron chi connectivity index (χ2n) is 20.6. The lowest BCUT2D eigenvalue weighted by atomic mass is 9.68. The molecule has 2 aromatic heterocycles. The van der Waals surface area contributed by atoms with Crippen molar-refractivity contribution >= 4 is 60.9 Å². The Morgan fingerprint density at radius 1 is 0.315 bits per heavy atom. The Kier molecular flexibility index (Phi) is 8.16. The third kappa shape index (κ3) is 5.38. The van der Waals surface area contributed by atoms with E-state index in [4.69, 9.17) is 8.83 Å². The van der Waals surface area contributed by atoms with E-state index in [0.29, 0.717) is 0 Å². The van der Waals surface area contributed by atoms with Crippen molar-refractivity contribution in [2.45, 2.75) is 24.7 Å². The van der Waals surface area contributed by atoms with Crippen molar-refractivity contribution in [3.05, 3.63) is 270 Å². The number of fused-ring (bicyclic) bond motifs is 20. The van der Waals surface area contributed by atoms with E-state index in [9.17, 15) is 0 Å². The van der Waals surface area contributed by atoms with Gasteiger partial charge >= 0.3 is 0 Å². The van der Waals surface area contributed by atoms with Gasteiger partial charge in [-0.25, -0.2) is 0 Å². The number of rotatable bonds is 5. The first kappa shape index (κ1) is 40.5. The van der Waals surface area contributed by atoms with Crippen LogP contribution in [0.1, 0.15) is 47.2 Å². The molecule has 0 saturated heterocycles. The Bertz CT molecular complexity index is 4470. The lowest BCUT2D eigenvalue weighted by Gasteiger charge is -2.32.